The molecule has 1 aromatic rings. The smallest absolute Gasteiger partial charge is 0.244 e. The summed E-state index contributed by atoms with van der Waals surface area (Å²) in [5, 5.41) is 9.82. The van der Waals surface area contributed by atoms with Crippen LogP contribution in [-0.4, -0.2) is 54.5 Å². The van der Waals surface area contributed by atoms with Gasteiger partial charge >= 0.3 is 0 Å². The summed E-state index contributed by atoms with van der Waals surface area (Å²) in [5.41, 5.74) is 1.11. The van der Waals surface area contributed by atoms with Crippen molar-refractivity contribution in [1.29, 1.82) is 0 Å². The Kier molecular flexibility index (Phi) is 8.01. The molecule has 1 aliphatic heterocycles. The summed E-state index contributed by atoms with van der Waals surface area (Å²) in [7, 11) is 0. The molecule has 0 aromatic carbocycles. The molecule has 24 heavy (non-hydrogen) atoms. The third-order valence-electron chi connectivity index (χ3n) is 3.95. The zero-order valence-corrected chi connectivity index (χ0v) is 15.6. The van der Waals surface area contributed by atoms with E-state index >= 15 is 0 Å². The van der Waals surface area contributed by atoms with Gasteiger partial charge in [-0.15, -0.1) is 11.3 Å². The first-order chi connectivity index (χ1) is 11.7. The number of likely N-dealkylation sites (tertiary alicyclic amines) is 1. The van der Waals surface area contributed by atoms with Crippen molar-refractivity contribution in [2.45, 2.75) is 46.0 Å². The van der Waals surface area contributed by atoms with Crippen LogP contribution in [0.5, 0.6) is 0 Å². The van der Waals surface area contributed by atoms with E-state index in [4.69, 9.17) is 0 Å². The molecular formula is C17H29N5OS. The molecule has 1 aromatic heterocycles. The number of carbonyl (C=O) groups is 1. The molecule has 134 valence electrons. The van der Waals surface area contributed by atoms with E-state index in [1.54, 1.807) is 11.3 Å². The van der Waals surface area contributed by atoms with Crippen LogP contribution in [0.2, 0.25) is 0 Å². The van der Waals surface area contributed by atoms with E-state index in [-0.39, 0.29) is 12.5 Å². The Bertz CT molecular complexity index is 537. The Morgan fingerprint density at radius 2 is 2.12 bits per heavy atom. The van der Waals surface area contributed by atoms with Crippen molar-refractivity contribution in [3.05, 3.63) is 16.1 Å². The van der Waals surface area contributed by atoms with Crippen molar-refractivity contribution in [3.8, 4) is 0 Å². The van der Waals surface area contributed by atoms with Gasteiger partial charge in [0.1, 0.15) is 6.54 Å². The predicted octanol–water partition coefficient (Wildman–Crippen LogP) is 1.95. The molecule has 2 N–H and O–H groups in total. The van der Waals surface area contributed by atoms with Gasteiger partial charge in [-0.25, -0.2) is 9.98 Å². The molecule has 6 nitrogen and oxygen atoms in total. The average Bonchev–Trinajstić information content (AvgIpc) is 3.23. The van der Waals surface area contributed by atoms with E-state index in [0.717, 1.165) is 69.9 Å². The number of hydrogen-bond acceptors (Lipinski definition) is 4. The monoisotopic (exact) mass is 351 g/mol. The van der Waals surface area contributed by atoms with Gasteiger partial charge in [0.25, 0.3) is 0 Å². The van der Waals surface area contributed by atoms with Crippen LogP contribution in [0.3, 0.4) is 0 Å². The van der Waals surface area contributed by atoms with Crippen molar-refractivity contribution in [1.82, 2.24) is 20.5 Å². The number of thiazole rings is 1. The van der Waals surface area contributed by atoms with Gasteiger partial charge in [0.2, 0.25) is 5.91 Å². The summed E-state index contributed by atoms with van der Waals surface area (Å²) >= 11 is 1.74. The standard InChI is InChI=1S/C17H29N5OS/c1-3-18-17(20-12-16(23)22-10-6-7-11-22)19-9-5-4-8-15-21-14(2)13-24-15/h13H,3-12H2,1-2H3,(H2,18,19,20). The van der Waals surface area contributed by atoms with E-state index < -0.39 is 0 Å². The second-order valence-corrected chi connectivity index (χ2v) is 6.99. The molecule has 0 radical (unpaired) electrons. The Morgan fingerprint density at radius 3 is 2.79 bits per heavy atom. The highest BCUT2D eigenvalue weighted by Crippen LogP contribution is 2.11. The number of amides is 1. The fourth-order valence-corrected chi connectivity index (χ4v) is 3.50. The normalized spacial score (nSPS) is 14.9. The van der Waals surface area contributed by atoms with Crippen molar-refractivity contribution >= 4 is 23.2 Å². The van der Waals surface area contributed by atoms with Gasteiger partial charge in [-0.2, -0.15) is 0 Å². The van der Waals surface area contributed by atoms with Crippen molar-refractivity contribution in [3.63, 3.8) is 0 Å². The minimum atomic E-state index is 0.129. The lowest BCUT2D eigenvalue weighted by atomic mass is 10.2. The molecule has 2 heterocycles. The predicted molar refractivity (Wildman–Crippen MR) is 99.6 cm³/mol. The molecule has 2 rings (SSSR count). The van der Waals surface area contributed by atoms with E-state index in [1.165, 1.54) is 5.01 Å². The van der Waals surface area contributed by atoms with Crippen LogP contribution in [-0.2, 0) is 11.2 Å². The van der Waals surface area contributed by atoms with Crippen LogP contribution in [0.15, 0.2) is 10.4 Å². The first-order valence-corrected chi connectivity index (χ1v) is 9.78. The molecule has 1 aliphatic rings. The van der Waals surface area contributed by atoms with Crippen LogP contribution in [0.25, 0.3) is 0 Å². The lowest BCUT2D eigenvalue weighted by molar-refractivity contribution is -0.128. The van der Waals surface area contributed by atoms with Gasteiger partial charge < -0.3 is 15.5 Å². The Labute approximate surface area is 148 Å². The molecule has 1 saturated heterocycles. The average molecular weight is 352 g/mol. The Hall–Kier alpha value is -1.63. The highest BCUT2D eigenvalue weighted by molar-refractivity contribution is 7.09. The maximum atomic E-state index is 12.0. The minimum Gasteiger partial charge on any atom is -0.357 e. The number of aliphatic imine (C=N–C) groups is 1. The number of aryl methyl sites for hydroxylation is 2. The number of nitrogens with zero attached hydrogens (tertiary/aromatic N) is 3. The van der Waals surface area contributed by atoms with Gasteiger partial charge in [-0.3, -0.25) is 4.79 Å². The lowest BCUT2D eigenvalue weighted by Crippen LogP contribution is -2.39. The van der Waals surface area contributed by atoms with Crippen LogP contribution in [0, 0.1) is 6.92 Å². The molecule has 1 amide bonds. The summed E-state index contributed by atoms with van der Waals surface area (Å²) in [6.07, 6.45) is 5.43. The molecule has 0 bridgehead atoms. The highest BCUT2D eigenvalue weighted by atomic mass is 32.1. The van der Waals surface area contributed by atoms with E-state index in [0.29, 0.717) is 0 Å². The minimum absolute atomic E-state index is 0.129. The van der Waals surface area contributed by atoms with Gasteiger partial charge in [0.05, 0.1) is 5.01 Å². The number of hydrogen-bond donors (Lipinski definition) is 2. The highest BCUT2D eigenvalue weighted by Gasteiger charge is 2.17. The summed E-state index contributed by atoms with van der Waals surface area (Å²) in [4.78, 5) is 22.8. The van der Waals surface area contributed by atoms with Crippen molar-refractivity contribution in [2.24, 2.45) is 4.99 Å². The molecule has 0 atom stereocenters. The number of nitrogens with one attached hydrogen (secondary N) is 2. The second kappa shape index (κ2) is 10.3. The van der Waals surface area contributed by atoms with Gasteiger partial charge in [-0.1, -0.05) is 0 Å². The second-order valence-electron chi connectivity index (χ2n) is 6.05. The van der Waals surface area contributed by atoms with Crippen LogP contribution >= 0.6 is 11.3 Å². The lowest BCUT2D eigenvalue weighted by Gasteiger charge is -2.15. The Morgan fingerprint density at radius 1 is 1.33 bits per heavy atom. The molecule has 0 spiro atoms. The number of rotatable bonds is 8. The van der Waals surface area contributed by atoms with Crippen molar-refractivity contribution in [2.75, 3.05) is 32.7 Å². The third-order valence-corrected chi connectivity index (χ3v) is 4.98. The fourth-order valence-electron chi connectivity index (χ4n) is 2.68. The van der Waals surface area contributed by atoms with E-state index in [2.05, 4.69) is 26.0 Å². The number of guanidine groups is 1. The SMILES string of the molecule is CCNC(=NCC(=O)N1CCCC1)NCCCCc1nc(C)cs1. The van der Waals surface area contributed by atoms with Gasteiger partial charge in [0, 0.05) is 37.3 Å². The summed E-state index contributed by atoms with van der Waals surface area (Å²) in [6.45, 7) is 7.71. The number of carbonyl (C=O) groups excluding carboxylic acids is 1. The molecule has 0 saturated carbocycles. The molecule has 0 unspecified atom stereocenters. The van der Waals surface area contributed by atoms with E-state index in [1.807, 2.05) is 18.7 Å². The van der Waals surface area contributed by atoms with Gasteiger partial charge in [-0.05, 0) is 46.0 Å². The topological polar surface area (TPSA) is 69.6 Å². The summed E-state index contributed by atoms with van der Waals surface area (Å²) < 4.78 is 0. The molecular weight excluding hydrogens is 322 g/mol. The first kappa shape index (κ1) is 18.7. The first-order valence-electron chi connectivity index (χ1n) is 8.90. The number of unbranched alkanes of at least 4 members (excludes halogenated alkanes) is 1. The third kappa shape index (κ3) is 6.47. The quantitative estimate of drug-likeness (QED) is 0.427. The maximum absolute atomic E-state index is 12.0. The zero-order chi connectivity index (χ0) is 17.2. The van der Waals surface area contributed by atoms with Crippen LogP contribution in [0.1, 0.15) is 43.3 Å². The number of aromatic nitrogens is 1. The van der Waals surface area contributed by atoms with Crippen LogP contribution in [0.4, 0.5) is 0 Å². The van der Waals surface area contributed by atoms with Gasteiger partial charge in [0.15, 0.2) is 5.96 Å². The summed E-state index contributed by atoms with van der Waals surface area (Å²) in [6, 6.07) is 0. The van der Waals surface area contributed by atoms with Crippen molar-refractivity contribution < 1.29 is 4.79 Å². The maximum Gasteiger partial charge on any atom is 0.244 e. The molecule has 0 aliphatic carbocycles. The fraction of sp³-hybridized carbons (Fsp3) is 0.706. The molecule has 7 heteroatoms. The van der Waals surface area contributed by atoms with Crippen LogP contribution < -0.4 is 10.6 Å². The Balaban J connectivity index is 1.66. The van der Waals surface area contributed by atoms with E-state index in [9.17, 15) is 4.79 Å². The largest absolute Gasteiger partial charge is 0.357 e. The zero-order valence-electron chi connectivity index (χ0n) is 14.8. The summed E-state index contributed by atoms with van der Waals surface area (Å²) in [5.74, 6) is 0.860. The molecule has 1 fully saturated rings.